The first kappa shape index (κ1) is 20.9. The Kier molecular flexibility index (Phi) is 6.90. The summed E-state index contributed by atoms with van der Waals surface area (Å²) < 4.78 is 32.1. The van der Waals surface area contributed by atoms with E-state index in [-0.39, 0.29) is 11.9 Å². The molecule has 2 aromatic rings. The number of hydrogen-bond donors (Lipinski definition) is 2. The molecule has 1 unspecified atom stereocenters. The zero-order chi connectivity index (χ0) is 20.8. The van der Waals surface area contributed by atoms with Gasteiger partial charge in [-0.15, -0.1) is 0 Å². The number of aryl methyl sites for hydroxylation is 2. The third-order valence-electron chi connectivity index (χ3n) is 4.96. The number of urea groups is 1. The molecular formula is C22H27F2N3O2. The quantitative estimate of drug-likeness (QED) is 0.692. The van der Waals surface area contributed by atoms with Gasteiger partial charge in [0.1, 0.15) is 12.4 Å². The summed E-state index contributed by atoms with van der Waals surface area (Å²) in [5.41, 5.74) is 2.94. The number of nitrogens with one attached hydrogen (secondary N) is 2. The minimum Gasteiger partial charge on any atom is -0.492 e. The van der Waals surface area contributed by atoms with Gasteiger partial charge >= 0.3 is 6.03 Å². The fourth-order valence-corrected chi connectivity index (χ4v) is 3.56. The highest BCUT2D eigenvalue weighted by atomic mass is 19.2. The van der Waals surface area contributed by atoms with E-state index in [1.807, 2.05) is 30.9 Å². The van der Waals surface area contributed by atoms with Crippen molar-refractivity contribution in [1.82, 2.24) is 10.6 Å². The maximum absolute atomic E-state index is 13.4. The van der Waals surface area contributed by atoms with E-state index in [2.05, 4.69) is 16.7 Å². The van der Waals surface area contributed by atoms with Crippen LogP contribution in [0.5, 0.6) is 5.75 Å². The lowest BCUT2D eigenvalue weighted by atomic mass is 10.1. The van der Waals surface area contributed by atoms with Crippen molar-refractivity contribution in [3.8, 4) is 5.75 Å². The molecule has 1 fully saturated rings. The van der Waals surface area contributed by atoms with E-state index in [1.54, 1.807) is 6.07 Å². The van der Waals surface area contributed by atoms with E-state index in [0.717, 1.165) is 35.9 Å². The molecule has 7 heteroatoms. The number of ether oxygens (including phenoxy) is 1. The lowest BCUT2D eigenvalue weighted by molar-refractivity contribution is 0.235. The third-order valence-corrected chi connectivity index (χ3v) is 4.96. The monoisotopic (exact) mass is 403 g/mol. The molecule has 0 aliphatic carbocycles. The summed E-state index contributed by atoms with van der Waals surface area (Å²) in [6.07, 6.45) is 0.884. The molecule has 1 saturated heterocycles. The summed E-state index contributed by atoms with van der Waals surface area (Å²) >= 11 is 0. The maximum Gasteiger partial charge on any atom is 0.314 e. The van der Waals surface area contributed by atoms with Gasteiger partial charge in [-0.1, -0.05) is 6.07 Å². The van der Waals surface area contributed by atoms with Crippen molar-refractivity contribution >= 4 is 11.7 Å². The number of rotatable bonds is 7. The molecule has 2 N–H and O–H groups in total. The Bertz CT molecular complexity index is 840. The second kappa shape index (κ2) is 9.58. The van der Waals surface area contributed by atoms with Crippen molar-refractivity contribution in [1.29, 1.82) is 0 Å². The average Bonchev–Trinajstić information content (AvgIpc) is 3.14. The predicted octanol–water partition coefficient (Wildman–Crippen LogP) is 3.79. The summed E-state index contributed by atoms with van der Waals surface area (Å²) in [6.45, 7) is 6.81. The molecule has 1 atom stereocenters. The molecule has 0 saturated carbocycles. The van der Waals surface area contributed by atoms with E-state index < -0.39 is 11.6 Å². The Balaban J connectivity index is 1.34. The van der Waals surface area contributed by atoms with Crippen molar-refractivity contribution in [2.75, 3.05) is 37.7 Å². The van der Waals surface area contributed by atoms with Crippen molar-refractivity contribution in [2.45, 2.75) is 20.3 Å². The number of hydrogen-bond acceptors (Lipinski definition) is 3. The second-order valence-electron chi connectivity index (χ2n) is 7.51. The van der Waals surface area contributed by atoms with E-state index in [0.29, 0.717) is 31.9 Å². The van der Waals surface area contributed by atoms with Crippen LogP contribution in [-0.4, -0.2) is 38.8 Å². The highest BCUT2D eigenvalue weighted by Crippen LogP contribution is 2.25. The number of carbonyl (C=O) groups is 1. The molecule has 2 aromatic carbocycles. The highest BCUT2D eigenvalue weighted by molar-refractivity contribution is 5.73. The molecule has 0 aromatic heterocycles. The molecule has 3 rings (SSSR count). The van der Waals surface area contributed by atoms with Gasteiger partial charge in [0, 0.05) is 31.4 Å². The molecule has 0 radical (unpaired) electrons. The number of carbonyl (C=O) groups excluding carboxylic acids is 1. The summed E-state index contributed by atoms with van der Waals surface area (Å²) in [5.74, 6) is -0.621. The Hall–Kier alpha value is -2.83. The number of benzene rings is 2. The first-order valence-electron chi connectivity index (χ1n) is 9.83. The van der Waals surface area contributed by atoms with Crippen molar-refractivity contribution in [2.24, 2.45) is 5.92 Å². The summed E-state index contributed by atoms with van der Waals surface area (Å²) in [5, 5.41) is 5.65. The normalized spacial score (nSPS) is 16.0. The van der Waals surface area contributed by atoms with Crippen LogP contribution in [0.25, 0.3) is 0 Å². The number of halogens is 2. The molecule has 0 spiro atoms. The zero-order valence-electron chi connectivity index (χ0n) is 16.8. The minimum atomic E-state index is -0.843. The topological polar surface area (TPSA) is 53.6 Å². The van der Waals surface area contributed by atoms with Gasteiger partial charge in [-0.05, 0) is 61.6 Å². The molecule has 1 heterocycles. The van der Waals surface area contributed by atoms with Crippen molar-refractivity contribution < 1.29 is 18.3 Å². The van der Waals surface area contributed by atoms with Crippen LogP contribution in [-0.2, 0) is 0 Å². The SMILES string of the molecule is Cc1cc(C)cc(OCCNC(=O)NCC2CCN(c3ccc(F)c(F)c3)C2)c1. The van der Waals surface area contributed by atoms with Gasteiger partial charge in [0.2, 0.25) is 0 Å². The molecule has 5 nitrogen and oxygen atoms in total. The van der Waals surface area contributed by atoms with Crippen LogP contribution in [0.2, 0.25) is 0 Å². The summed E-state index contributed by atoms with van der Waals surface area (Å²) in [4.78, 5) is 14.0. The molecular weight excluding hydrogens is 376 g/mol. The molecule has 2 amide bonds. The summed E-state index contributed by atoms with van der Waals surface area (Å²) in [6, 6.07) is 9.71. The fraction of sp³-hybridized carbons (Fsp3) is 0.409. The maximum atomic E-state index is 13.4. The first-order valence-corrected chi connectivity index (χ1v) is 9.83. The van der Waals surface area contributed by atoms with E-state index in [4.69, 9.17) is 4.74 Å². The van der Waals surface area contributed by atoms with E-state index in [1.165, 1.54) is 6.07 Å². The number of nitrogens with zero attached hydrogens (tertiary/aromatic N) is 1. The van der Waals surface area contributed by atoms with E-state index in [9.17, 15) is 13.6 Å². The Morgan fingerprint density at radius 3 is 2.59 bits per heavy atom. The summed E-state index contributed by atoms with van der Waals surface area (Å²) in [7, 11) is 0. The lowest BCUT2D eigenvalue weighted by Gasteiger charge is -2.19. The second-order valence-corrected chi connectivity index (χ2v) is 7.51. The van der Waals surface area contributed by atoms with Crippen molar-refractivity contribution in [3.05, 3.63) is 59.2 Å². The van der Waals surface area contributed by atoms with Gasteiger partial charge in [0.25, 0.3) is 0 Å². The van der Waals surface area contributed by atoms with Gasteiger partial charge in [0.05, 0.1) is 6.54 Å². The van der Waals surface area contributed by atoms with Crippen LogP contribution in [0.15, 0.2) is 36.4 Å². The van der Waals surface area contributed by atoms with Gasteiger partial charge < -0.3 is 20.3 Å². The first-order chi connectivity index (χ1) is 13.9. The molecule has 0 bridgehead atoms. The Labute approximate surface area is 170 Å². The van der Waals surface area contributed by atoms with Gasteiger partial charge in [-0.2, -0.15) is 0 Å². The van der Waals surface area contributed by atoms with Gasteiger partial charge in [-0.25, -0.2) is 13.6 Å². The third kappa shape index (κ3) is 6.07. The lowest BCUT2D eigenvalue weighted by Crippen LogP contribution is -2.40. The molecule has 1 aliphatic rings. The molecule has 156 valence electrons. The predicted molar refractivity (Wildman–Crippen MR) is 109 cm³/mol. The molecule has 1 aliphatic heterocycles. The van der Waals surface area contributed by atoms with Gasteiger partial charge in [0.15, 0.2) is 11.6 Å². The van der Waals surface area contributed by atoms with E-state index >= 15 is 0 Å². The van der Waals surface area contributed by atoms with Crippen LogP contribution in [0, 0.1) is 31.4 Å². The minimum absolute atomic E-state index is 0.236. The van der Waals surface area contributed by atoms with Crippen LogP contribution >= 0.6 is 0 Å². The Morgan fingerprint density at radius 1 is 1.10 bits per heavy atom. The smallest absolute Gasteiger partial charge is 0.314 e. The number of anilines is 1. The largest absolute Gasteiger partial charge is 0.492 e. The van der Waals surface area contributed by atoms with Crippen LogP contribution in [0.1, 0.15) is 17.5 Å². The van der Waals surface area contributed by atoms with Crippen molar-refractivity contribution in [3.63, 3.8) is 0 Å². The van der Waals surface area contributed by atoms with Crippen LogP contribution < -0.4 is 20.3 Å². The van der Waals surface area contributed by atoms with Crippen LogP contribution in [0.4, 0.5) is 19.3 Å². The zero-order valence-corrected chi connectivity index (χ0v) is 16.8. The Morgan fingerprint density at radius 2 is 1.86 bits per heavy atom. The highest BCUT2D eigenvalue weighted by Gasteiger charge is 2.23. The average molecular weight is 403 g/mol. The number of amides is 2. The fourth-order valence-electron chi connectivity index (χ4n) is 3.56. The van der Waals surface area contributed by atoms with Gasteiger partial charge in [-0.3, -0.25) is 0 Å². The van der Waals surface area contributed by atoms with Crippen LogP contribution in [0.3, 0.4) is 0 Å². The molecule has 29 heavy (non-hydrogen) atoms. The standard InChI is InChI=1S/C22H27F2N3O2/c1-15-9-16(2)11-19(10-15)29-8-6-25-22(28)26-13-17-5-7-27(14-17)18-3-4-20(23)21(24)12-18/h3-4,9-12,17H,5-8,13-14H2,1-2H3,(H2,25,26,28).